The average Bonchev–Trinajstić information content (AvgIpc) is 2.81. The average molecular weight is 315 g/mol. The molecule has 1 fully saturated rings. The van der Waals surface area contributed by atoms with E-state index in [1.165, 1.54) is 0 Å². The third-order valence-electron chi connectivity index (χ3n) is 4.38. The summed E-state index contributed by atoms with van der Waals surface area (Å²) in [5.74, 6) is 0.0999. The van der Waals surface area contributed by atoms with Crippen molar-refractivity contribution in [2.24, 2.45) is 0 Å². The van der Waals surface area contributed by atoms with Gasteiger partial charge in [0.15, 0.2) is 0 Å². The minimum absolute atomic E-state index is 0.0999. The molecule has 1 amide bonds. The number of aryl methyl sites for hydroxylation is 1. The van der Waals surface area contributed by atoms with Gasteiger partial charge in [0.2, 0.25) is 0 Å². The van der Waals surface area contributed by atoms with Gasteiger partial charge in [-0.25, -0.2) is 0 Å². The number of carbonyl (C=O) groups is 1. The molecule has 2 N–H and O–H groups in total. The molecule has 0 radical (unpaired) electrons. The van der Waals surface area contributed by atoms with Gasteiger partial charge in [-0.2, -0.15) is 0 Å². The molecular formula is C18H25N3O2. The van der Waals surface area contributed by atoms with Crippen molar-refractivity contribution in [1.29, 1.82) is 0 Å². The molecule has 5 heteroatoms. The summed E-state index contributed by atoms with van der Waals surface area (Å²) in [4.78, 5) is 20.4. The summed E-state index contributed by atoms with van der Waals surface area (Å²) in [6.45, 7) is 9.24. The van der Waals surface area contributed by atoms with E-state index in [0.29, 0.717) is 19.6 Å². The van der Waals surface area contributed by atoms with Crippen LogP contribution in [0.5, 0.6) is 0 Å². The lowest BCUT2D eigenvalue weighted by Crippen LogP contribution is -2.52. The monoisotopic (exact) mass is 315 g/mol. The SMILES string of the molecule is Cc1[nH]c2ccccc2c1C(=O)N1CCN(CC(C)(C)O)CC1. The number of para-hydroxylation sites is 1. The molecule has 3 rings (SSSR count). The lowest BCUT2D eigenvalue weighted by atomic mass is 10.1. The Balaban J connectivity index is 1.73. The number of piperazine rings is 1. The number of hydrogen-bond donors (Lipinski definition) is 2. The van der Waals surface area contributed by atoms with E-state index < -0.39 is 5.60 Å². The highest BCUT2D eigenvalue weighted by atomic mass is 16.3. The van der Waals surface area contributed by atoms with Crippen LogP contribution in [-0.4, -0.2) is 64.1 Å². The Labute approximate surface area is 136 Å². The lowest BCUT2D eigenvalue weighted by Gasteiger charge is -2.37. The molecule has 0 spiro atoms. The van der Waals surface area contributed by atoms with Crippen LogP contribution in [0.3, 0.4) is 0 Å². The standard InChI is InChI=1S/C18H25N3O2/c1-13-16(14-6-4-5-7-15(14)19-13)17(22)21-10-8-20(9-11-21)12-18(2,3)23/h4-7,19,23H,8-12H2,1-3H3. The Morgan fingerprint density at radius 2 is 1.87 bits per heavy atom. The Morgan fingerprint density at radius 1 is 1.22 bits per heavy atom. The summed E-state index contributed by atoms with van der Waals surface area (Å²) >= 11 is 0. The van der Waals surface area contributed by atoms with Gasteiger partial charge in [-0.3, -0.25) is 9.69 Å². The topological polar surface area (TPSA) is 59.6 Å². The van der Waals surface area contributed by atoms with Gasteiger partial charge in [-0.1, -0.05) is 18.2 Å². The van der Waals surface area contributed by atoms with Crippen molar-refractivity contribution in [3.63, 3.8) is 0 Å². The van der Waals surface area contributed by atoms with Crippen LogP contribution >= 0.6 is 0 Å². The molecule has 23 heavy (non-hydrogen) atoms. The van der Waals surface area contributed by atoms with Gasteiger partial charge in [-0.05, 0) is 26.8 Å². The number of H-pyrrole nitrogens is 1. The Morgan fingerprint density at radius 3 is 2.52 bits per heavy atom. The second-order valence-corrected chi connectivity index (χ2v) is 7.05. The summed E-state index contributed by atoms with van der Waals surface area (Å²) in [5, 5.41) is 10.9. The highest BCUT2D eigenvalue weighted by Crippen LogP contribution is 2.24. The Hall–Kier alpha value is -1.85. The fraction of sp³-hybridized carbons (Fsp3) is 0.500. The van der Waals surface area contributed by atoms with E-state index in [9.17, 15) is 9.90 Å². The van der Waals surface area contributed by atoms with Crippen LogP contribution in [0.15, 0.2) is 24.3 Å². The molecule has 0 atom stereocenters. The number of aromatic amines is 1. The van der Waals surface area contributed by atoms with Crippen molar-refractivity contribution in [2.45, 2.75) is 26.4 Å². The van der Waals surface area contributed by atoms with Gasteiger partial charge >= 0.3 is 0 Å². The van der Waals surface area contributed by atoms with Crippen LogP contribution < -0.4 is 0 Å². The number of nitrogens with zero attached hydrogens (tertiary/aromatic N) is 2. The van der Waals surface area contributed by atoms with Crippen LogP contribution in [0.2, 0.25) is 0 Å². The molecule has 1 saturated heterocycles. The second-order valence-electron chi connectivity index (χ2n) is 7.05. The number of carbonyl (C=O) groups excluding carboxylic acids is 1. The van der Waals surface area contributed by atoms with Crippen molar-refractivity contribution in [3.05, 3.63) is 35.5 Å². The Bertz CT molecular complexity index is 707. The molecule has 2 aromatic rings. The molecular weight excluding hydrogens is 290 g/mol. The number of hydrogen-bond acceptors (Lipinski definition) is 3. The minimum atomic E-state index is -0.695. The normalized spacial score (nSPS) is 17.0. The van der Waals surface area contributed by atoms with E-state index in [0.717, 1.165) is 35.2 Å². The molecule has 124 valence electrons. The number of amides is 1. The summed E-state index contributed by atoms with van der Waals surface area (Å²) in [6.07, 6.45) is 0. The fourth-order valence-corrected chi connectivity index (χ4v) is 3.37. The smallest absolute Gasteiger partial charge is 0.256 e. The van der Waals surface area contributed by atoms with E-state index in [1.807, 2.05) is 49.9 Å². The maximum atomic E-state index is 12.9. The van der Waals surface area contributed by atoms with Crippen LogP contribution in [0.4, 0.5) is 0 Å². The Kier molecular flexibility index (Phi) is 4.17. The van der Waals surface area contributed by atoms with Crippen LogP contribution in [0.1, 0.15) is 29.9 Å². The number of β-amino-alcohol motifs (C(OH)–C–C–N with tert-alkyl or cyclic N) is 1. The van der Waals surface area contributed by atoms with Gasteiger partial charge in [-0.15, -0.1) is 0 Å². The highest BCUT2D eigenvalue weighted by molar-refractivity contribution is 6.08. The number of nitrogens with one attached hydrogen (secondary N) is 1. The van der Waals surface area contributed by atoms with E-state index in [1.54, 1.807) is 0 Å². The number of benzene rings is 1. The first kappa shape index (κ1) is 16.0. The van der Waals surface area contributed by atoms with Crippen molar-refractivity contribution in [2.75, 3.05) is 32.7 Å². The van der Waals surface area contributed by atoms with E-state index in [-0.39, 0.29) is 5.91 Å². The van der Waals surface area contributed by atoms with Gasteiger partial charge in [0.05, 0.1) is 11.2 Å². The van der Waals surface area contributed by atoms with Crippen molar-refractivity contribution in [3.8, 4) is 0 Å². The molecule has 1 aliphatic heterocycles. The predicted octanol–water partition coefficient (Wildman–Crippen LogP) is 2.01. The van der Waals surface area contributed by atoms with E-state index in [4.69, 9.17) is 0 Å². The molecule has 0 aliphatic carbocycles. The molecule has 0 unspecified atom stereocenters. The number of rotatable bonds is 3. The van der Waals surface area contributed by atoms with Crippen molar-refractivity contribution in [1.82, 2.24) is 14.8 Å². The number of fused-ring (bicyclic) bond motifs is 1. The first-order chi connectivity index (χ1) is 10.8. The molecule has 0 saturated carbocycles. The van der Waals surface area contributed by atoms with Crippen molar-refractivity contribution >= 4 is 16.8 Å². The van der Waals surface area contributed by atoms with Crippen LogP contribution in [-0.2, 0) is 0 Å². The van der Waals surface area contributed by atoms with Crippen LogP contribution in [0.25, 0.3) is 10.9 Å². The highest BCUT2D eigenvalue weighted by Gasteiger charge is 2.27. The summed E-state index contributed by atoms with van der Waals surface area (Å²) < 4.78 is 0. The molecule has 1 aromatic heterocycles. The number of aromatic nitrogens is 1. The zero-order valence-corrected chi connectivity index (χ0v) is 14.1. The first-order valence-electron chi connectivity index (χ1n) is 8.16. The molecule has 1 aromatic carbocycles. The van der Waals surface area contributed by atoms with Crippen molar-refractivity contribution < 1.29 is 9.90 Å². The lowest BCUT2D eigenvalue weighted by molar-refractivity contribution is 0.0179. The third kappa shape index (κ3) is 3.41. The summed E-state index contributed by atoms with van der Waals surface area (Å²) in [6, 6.07) is 7.94. The summed E-state index contributed by atoms with van der Waals surface area (Å²) in [7, 11) is 0. The zero-order chi connectivity index (χ0) is 16.6. The largest absolute Gasteiger partial charge is 0.389 e. The fourth-order valence-electron chi connectivity index (χ4n) is 3.37. The van der Waals surface area contributed by atoms with Crippen LogP contribution in [0, 0.1) is 6.92 Å². The molecule has 0 bridgehead atoms. The number of aliphatic hydroxyl groups is 1. The third-order valence-corrected chi connectivity index (χ3v) is 4.38. The van der Waals surface area contributed by atoms with Gasteiger partial charge in [0.1, 0.15) is 0 Å². The molecule has 1 aliphatic rings. The first-order valence-corrected chi connectivity index (χ1v) is 8.16. The minimum Gasteiger partial charge on any atom is -0.389 e. The summed E-state index contributed by atoms with van der Waals surface area (Å²) in [5.41, 5.74) is 2.03. The quantitative estimate of drug-likeness (QED) is 0.911. The zero-order valence-electron chi connectivity index (χ0n) is 14.1. The maximum absolute atomic E-state index is 12.9. The molecule has 5 nitrogen and oxygen atoms in total. The van der Waals surface area contributed by atoms with E-state index >= 15 is 0 Å². The van der Waals surface area contributed by atoms with Gasteiger partial charge in [0.25, 0.3) is 5.91 Å². The predicted molar refractivity (Wildman–Crippen MR) is 91.7 cm³/mol. The second kappa shape index (κ2) is 5.98. The van der Waals surface area contributed by atoms with Gasteiger partial charge < -0.3 is 15.0 Å². The van der Waals surface area contributed by atoms with E-state index in [2.05, 4.69) is 9.88 Å². The maximum Gasteiger partial charge on any atom is 0.256 e. The van der Waals surface area contributed by atoms with Gasteiger partial charge in [0, 0.05) is 49.3 Å². The molecule has 2 heterocycles.